The first-order chi connectivity index (χ1) is 14.1. The lowest BCUT2D eigenvalue weighted by atomic mass is 10.0. The SMILES string of the molecule is CCCNC(=O)c1ccccc1NC(=S)NC(=O)Cc1cccc2ccccc12. The van der Waals surface area contributed by atoms with E-state index in [0.29, 0.717) is 17.8 Å². The molecule has 0 fully saturated rings. The van der Waals surface area contributed by atoms with Crippen LogP contribution in [0.3, 0.4) is 0 Å². The third kappa shape index (κ3) is 5.39. The third-order valence-electron chi connectivity index (χ3n) is 4.44. The lowest BCUT2D eigenvalue weighted by Gasteiger charge is -2.14. The van der Waals surface area contributed by atoms with Crippen molar-refractivity contribution in [2.75, 3.05) is 11.9 Å². The van der Waals surface area contributed by atoms with Crippen LogP contribution in [0, 0.1) is 0 Å². The maximum absolute atomic E-state index is 12.5. The maximum Gasteiger partial charge on any atom is 0.253 e. The van der Waals surface area contributed by atoms with Crippen molar-refractivity contribution in [3.05, 3.63) is 77.9 Å². The first-order valence-electron chi connectivity index (χ1n) is 9.53. The minimum absolute atomic E-state index is 0.158. The number of amides is 2. The zero-order valence-corrected chi connectivity index (χ0v) is 17.0. The van der Waals surface area contributed by atoms with Gasteiger partial charge in [-0.05, 0) is 47.1 Å². The van der Waals surface area contributed by atoms with Crippen molar-refractivity contribution in [3.63, 3.8) is 0 Å². The van der Waals surface area contributed by atoms with Gasteiger partial charge in [0.25, 0.3) is 5.91 Å². The van der Waals surface area contributed by atoms with Gasteiger partial charge in [0.2, 0.25) is 5.91 Å². The molecule has 5 nitrogen and oxygen atoms in total. The van der Waals surface area contributed by atoms with E-state index >= 15 is 0 Å². The Kier molecular flexibility index (Phi) is 6.92. The standard InChI is InChI=1S/C23H23N3O2S/c1-2-14-24-22(28)19-12-5-6-13-20(19)25-23(29)26-21(27)15-17-10-7-9-16-8-3-4-11-18(16)17/h3-13H,2,14-15H2,1H3,(H,24,28)(H2,25,26,27,29). The fourth-order valence-corrected chi connectivity index (χ4v) is 3.29. The average Bonchev–Trinajstić information content (AvgIpc) is 2.72. The van der Waals surface area contributed by atoms with E-state index < -0.39 is 0 Å². The number of rotatable bonds is 6. The molecule has 0 saturated carbocycles. The second-order valence-corrected chi connectivity index (χ2v) is 7.03. The van der Waals surface area contributed by atoms with E-state index in [0.717, 1.165) is 22.8 Å². The molecular weight excluding hydrogens is 382 g/mol. The summed E-state index contributed by atoms with van der Waals surface area (Å²) >= 11 is 5.28. The Morgan fingerprint density at radius 1 is 0.931 bits per heavy atom. The summed E-state index contributed by atoms with van der Waals surface area (Å²) in [5.74, 6) is -0.397. The molecule has 6 heteroatoms. The summed E-state index contributed by atoms with van der Waals surface area (Å²) in [6, 6.07) is 20.9. The molecule has 148 valence electrons. The lowest BCUT2D eigenvalue weighted by Crippen LogP contribution is -2.36. The van der Waals surface area contributed by atoms with Crippen molar-refractivity contribution < 1.29 is 9.59 Å². The molecule has 0 bridgehead atoms. The molecule has 29 heavy (non-hydrogen) atoms. The van der Waals surface area contributed by atoms with Crippen molar-refractivity contribution in [3.8, 4) is 0 Å². The number of carbonyl (C=O) groups excluding carboxylic acids is 2. The molecule has 2 amide bonds. The number of anilines is 1. The van der Waals surface area contributed by atoms with Gasteiger partial charge in [-0.1, -0.05) is 61.5 Å². The van der Waals surface area contributed by atoms with Gasteiger partial charge in [0.05, 0.1) is 17.7 Å². The second kappa shape index (κ2) is 9.80. The van der Waals surface area contributed by atoms with Crippen molar-refractivity contribution >= 4 is 45.6 Å². The fraction of sp³-hybridized carbons (Fsp3) is 0.174. The monoisotopic (exact) mass is 405 g/mol. The van der Waals surface area contributed by atoms with Crippen LogP contribution in [0.1, 0.15) is 29.3 Å². The first-order valence-corrected chi connectivity index (χ1v) is 9.94. The molecule has 0 aromatic heterocycles. The molecule has 3 rings (SSSR count). The van der Waals surface area contributed by atoms with E-state index in [9.17, 15) is 9.59 Å². The van der Waals surface area contributed by atoms with Crippen LogP contribution >= 0.6 is 12.2 Å². The molecule has 0 atom stereocenters. The average molecular weight is 406 g/mol. The number of benzene rings is 3. The zero-order chi connectivity index (χ0) is 20.6. The van der Waals surface area contributed by atoms with Gasteiger partial charge < -0.3 is 16.0 Å². The van der Waals surface area contributed by atoms with Crippen LogP contribution in [0.4, 0.5) is 5.69 Å². The normalized spacial score (nSPS) is 10.4. The minimum atomic E-state index is -0.216. The van der Waals surface area contributed by atoms with Crippen molar-refractivity contribution in [1.82, 2.24) is 10.6 Å². The molecule has 3 N–H and O–H groups in total. The molecule has 0 spiro atoms. The van der Waals surface area contributed by atoms with Crippen LogP contribution < -0.4 is 16.0 Å². The van der Waals surface area contributed by atoms with Gasteiger partial charge in [0, 0.05) is 6.54 Å². The van der Waals surface area contributed by atoms with Crippen molar-refractivity contribution in [2.45, 2.75) is 19.8 Å². The Labute approximate surface area is 175 Å². The first kappa shape index (κ1) is 20.5. The highest BCUT2D eigenvalue weighted by molar-refractivity contribution is 7.80. The largest absolute Gasteiger partial charge is 0.352 e. The summed E-state index contributed by atoms with van der Waals surface area (Å²) in [6.45, 7) is 2.59. The van der Waals surface area contributed by atoms with Crippen LogP contribution in [0.25, 0.3) is 10.8 Å². The highest BCUT2D eigenvalue weighted by atomic mass is 32.1. The minimum Gasteiger partial charge on any atom is -0.352 e. The summed E-state index contributed by atoms with van der Waals surface area (Å²) in [7, 11) is 0. The molecule has 3 aromatic carbocycles. The smallest absolute Gasteiger partial charge is 0.253 e. The van der Waals surface area contributed by atoms with Gasteiger partial charge in [0.15, 0.2) is 5.11 Å². The number of thiocarbonyl (C=S) groups is 1. The summed E-state index contributed by atoms with van der Waals surface area (Å²) < 4.78 is 0. The van der Waals surface area contributed by atoms with Gasteiger partial charge in [-0.25, -0.2) is 0 Å². The van der Waals surface area contributed by atoms with Gasteiger partial charge in [0.1, 0.15) is 0 Å². The Hall–Kier alpha value is -3.25. The Balaban J connectivity index is 1.65. The number of carbonyl (C=O) groups is 2. The van der Waals surface area contributed by atoms with E-state index in [-0.39, 0.29) is 23.3 Å². The zero-order valence-electron chi connectivity index (χ0n) is 16.2. The van der Waals surface area contributed by atoms with E-state index in [1.807, 2.05) is 49.4 Å². The molecule has 0 aliphatic carbocycles. The van der Waals surface area contributed by atoms with E-state index in [1.54, 1.807) is 24.3 Å². The molecule has 0 radical (unpaired) electrons. The number of fused-ring (bicyclic) bond motifs is 1. The number of para-hydroxylation sites is 1. The Bertz CT molecular complexity index is 1040. The predicted octanol–water partition coefficient (Wildman–Crippen LogP) is 4.04. The maximum atomic E-state index is 12.5. The van der Waals surface area contributed by atoms with Gasteiger partial charge in [-0.2, -0.15) is 0 Å². The summed E-state index contributed by atoms with van der Waals surface area (Å²) in [5, 5.41) is 10.8. The number of nitrogens with one attached hydrogen (secondary N) is 3. The van der Waals surface area contributed by atoms with Crippen LogP contribution in [-0.4, -0.2) is 23.5 Å². The van der Waals surface area contributed by atoms with Gasteiger partial charge in [-0.3, -0.25) is 9.59 Å². The van der Waals surface area contributed by atoms with Crippen LogP contribution in [0.5, 0.6) is 0 Å². The second-order valence-electron chi connectivity index (χ2n) is 6.62. The van der Waals surface area contributed by atoms with Crippen molar-refractivity contribution in [1.29, 1.82) is 0 Å². The van der Waals surface area contributed by atoms with Crippen LogP contribution in [-0.2, 0) is 11.2 Å². The fourth-order valence-electron chi connectivity index (χ4n) is 3.07. The molecule has 0 heterocycles. The van der Waals surface area contributed by atoms with E-state index in [2.05, 4.69) is 16.0 Å². The predicted molar refractivity (Wildman–Crippen MR) is 121 cm³/mol. The van der Waals surface area contributed by atoms with Crippen LogP contribution in [0.15, 0.2) is 66.7 Å². The van der Waals surface area contributed by atoms with E-state index in [4.69, 9.17) is 12.2 Å². The Morgan fingerprint density at radius 3 is 2.48 bits per heavy atom. The topological polar surface area (TPSA) is 70.2 Å². The van der Waals surface area contributed by atoms with Crippen molar-refractivity contribution in [2.24, 2.45) is 0 Å². The highest BCUT2D eigenvalue weighted by Crippen LogP contribution is 2.19. The highest BCUT2D eigenvalue weighted by Gasteiger charge is 2.13. The molecule has 0 unspecified atom stereocenters. The summed E-state index contributed by atoms with van der Waals surface area (Å²) in [4.78, 5) is 24.8. The van der Waals surface area contributed by atoms with Gasteiger partial charge >= 0.3 is 0 Å². The molecule has 3 aromatic rings. The molecule has 0 aliphatic heterocycles. The lowest BCUT2D eigenvalue weighted by molar-refractivity contribution is -0.119. The van der Waals surface area contributed by atoms with Gasteiger partial charge in [-0.15, -0.1) is 0 Å². The van der Waals surface area contributed by atoms with E-state index in [1.165, 1.54) is 0 Å². The number of hydrogen-bond donors (Lipinski definition) is 3. The number of hydrogen-bond acceptors (Lipinski definition) is 3. The molecule has 0 aliphatic rings. The Morgan fingerprint density at radius 2 is 1.66 bits per heavy atom. The molecule has 0 saturated heterocycles. The quantitative estimate of drug-likeness (QED) is 0.542. The summed E-state index contributed by atoms with van der Waals surface area (Å²) in [6.07, 6.45) is 1.06. The molecular formula is C23H23N3O2S. The third-order valence-corrected chi connectivity index (χ3v) is 4.64. The summed E-state index contributed by atoms with van der Waals surface area (Å²) in [5.41, 5.74) is 1.96. The van der Waals surface area contributed by atoms with Crippen LogP contribution in [0.2, 0.25) is 0 Å².